The van der Waals surface area contributed by atoms with Gasteiger partial charge in [-0.25, -0.2) is 14.2 Å². The lowest BCUT2D eigenvalue weighted by molar-refractivity contribution is 0.201. The summed E-state index contributed by atoms with van der Waals surface area (Å²) in [5.41, 5.74) is 0.859. The van der Waals surface area contributed by atoms with Crippen LogP contribution in [0, 0.1) is 12.7 Å². The highest BCUT2D eigenvalue weighted by Crippen LogP contribution is 2.29. The number of aromatic nitrogens is 1. The molecule has 2 rings (SSSR count). The van der Waals surface area contributed by atoms with Crippen molar-refractivity contribution in [3.05, 3.63) is 34.7 Å². The van der Waals surface area contributed by atoms with E-state index in [2.05, 4.69) is 10.3 Å². The molecule has 100 valence electrons. The largest absolute Gasteiger partial charge is 0.412 e. The summed E-state index contributed by atoms with van der Waals surface area (Å²) in [6, 6.07) is 4.46. The molecule has 4 nitrogen and oxygen atoms in total. The van der Waals surface area contributed by atoms with Gasteiger partial charge in [-0.05, 0) is 32.0 Å². The summed E-state index contributed by atoms with van der Waals surface area (Å²) in [4.78, 5) is 15.4. The van der Waals surface area contributed by atoms with Crippen LogP contribution in [0.4, 0.5) is 9.18 Å². The van der Waals surface area contributed by atoms with Crippen molar-refractivity contribution in [1.29, 1.82) is 0 Å². The molecule has 1 heterocycles. The molecule has 1 N–H and O–H groups in total. The third-order valence-electron chi connectivity index (χ3n) is 2.62. The first-order valence-electron chi connectivity index (χ1n) is 5.74. The van der Waals surface area contributed by atoms with Gasteiger partial charge in [-0.15, -0.1) is 0 Å². The molecule has 0 bridgehead atoms. The topological polar surface area (TPSA) is 51.2 Å². The molecular formula is C13H12ClFN2O2. The van der Waals surface area contributed by atoms with Gasteiger partial charge in [-0.2, -0.15) is 0 Å². The van der Waals surface area contributed by atoms with Crippen LogP contribution in [0.25, 0.3) is 10.9 Å². The zero-order valence-corrected chi connectivity index (χ0v) is 11.2. The quantitative estimate of drug-likeness (QED) is 0.859. The Morgan fingerprint density at radius 1 is 1.53 bits per heavy atom. The van der Waals surface area contributed by atoms with Crippen molar-refractivity contribution in [2.24, 2.45) is 0 Å². The van der Waals surface area contributed by atoms with Crippen LogP contribution in [0.3, 0.4) is 0 Å². The van der Waals surface area contributed by atoms with Crippen molar-refractivity contribution in [3.63, 3.8) is 0 Å². The van der Waals surface area contributed by atoms with Gasteiger partial charge in [0.25, 0.3) is 0 Å². The van der Waals surface area contributed by atoms with Crippen LogP contribution in [-0.2, 0) is 0 Å². The summed E-state index contributed by atoms with van der Waals surface area (Å²) >= 11 is 5.93. The lowest BCUT2D eigenvalue weighted by Crippen LogP contribution is -2.26. The third-order valence-corrected chi connectivity index (χ3v) is 2.89. The fraction of sp³-hybridized carbons (Fsp3) is 0.231. The molecule has 0 aliphatic carbocycles. The Morgan fingerprint density at radius 2 is 2.26 bits per heavy atom. The molecule has 0 atom stereocenters. The van der Waals surface area contributed by atoms with E-state index >= 15 is 0 Å². The lowest BCUT2D eigenvalue weighted by atomic mass is 10.1. The van der Waals surface area contributed by atoms with Crippen molar-refractivity contribution in [1.82, 2.24) is 10.3 Å². The van der Waals surface area contributed by atoms with Gasteiger partial charge in [0.05, 0.1) is 5.52 Å². The van der Waals surface area contributed by atoms with Gasteiger partial charge in [0, 0.05) is 17.5 Å². The van der Waals surface area contributed by atoms with E-state index in [0.717, 1.165) is 0 Å². The molecule has 0 saturated heterocycles. The van der Waals surface area contributed by atoms with Gasteiger partial charge in [-0.3, -0.25) is 0 Å². The summed E-state index contributed by atoms with van der Waals surface area (Å²) in [6.45, 7) is 3.83. The summed E-state index contributed by atoms with van der Waals surface area (Å²) in [6.07, 6.45) is -0.607. The van der Waals surface area contributed by atoms with E-state index in [1.165, 1.54) is 6.07 Å². The maximum absolute atomic E-state index is 13.4. The van der Waals surface area contributed by atoms with E-state index < -0.39 is 6.09 Å². The monoisotopic (exact) mass is 282 g/mol. The number of ether oxygens (including phenoxy) is 1. The average molecular weight is 283 g/mol. The number of carbonyl (C=O) groups is 1. The molecule has 6 heteroatoms. The Hall–Kier alpha value is -1.88. The van der Waals surface area contributed by atoms with Crippen LogP contribution in [-0.4, -0.2) is 17.6 Å². The number of hydrogen-bond donors (Lipinski definition) is 1. The number of rotatable bonds is 2. The van der Waals surface area contributed by atoms with E-state index in [9.17, 15) is 9.18 Å². The van der Waals surface area contributed by atoms with Gasteiger partial charge in [0.15, 0.2) is 10.9 Å². The van der Waals surface area contributed by atoms with Crippen LogP contribution >= 0.6 is 11.6 Å². The van der Waals surface area contributed by atoms with Crippen LogP contribution in [0.1, 0.15) is 12.5 Å². The van der Waals surface area contributed by atoms with Gasteiger partial charge < -0.3 is 10.1 Å². The molecule has 0 fully saturated rings. The van der Waals surface area contributed by atoms with Crippen molar-refractivity contribution >= 4 is 28.6 Å². The second-order valence-electron chi connectivity index (χ2n) is 3.94. The van der Waals surface area contributed by atoms with E-state index in [1.54, 1.807) is 26.0 Å². The highest BCUT2D eigenvalue weighted by Gasteiger charge is 2.12. The zero-order chi connectivity index (χ0) is 14.0. The molecule has 0 aliphatic rings. The van der Waals surface area contributed by atoms with Gasteiger partial charge in [0.2, 0.25) is 0 Å². The number of fused-ring (bicyclic) bond motifs is 1. The molecule has 0 radical (unpaired) electrons. The van der Waals surface area contributed by atoms with Crippen LogP contribution in [0.15, 0.2) is 18.2 Å². The summed E-state index contributed by atoms with van der Waals surface area (Å²) in [5, 5.41) is 3.16. The standard InChI is InChI=1S/C13H12ClFN2O2/c1-3-16-13(18)19-10-6-8-4-5-9(15)7(2)11(8)17-12(10)14/h4-6H,3H2,1-2H3,(H,16,18). The molecule has 1 aromatic heterocycles. The Kier molecular flexibility index (Phi) is 3.85. The number of amides is 1. The Labute approximate surface area is 114 Å². The van der Waals surface area contributed by atoms with E-state index in [1.807, 2.05) is 0 Å². The van der Waals surface area contributed by atoms with E-state index in [4.69, 9.17) is 16.3 Å². The zero-order valence-electron chi connectivity index (χ0n) is 10.5. The van der Waals surface area contributed by atoms with Crippen LogP contribution < -0.4 is 10.1 Å². The SMILES string of the molecule is CCNC(=O)Oc1cc2ccc(F)c(C)c2nc1Cl. The maximum atomic E-state index is 13.4. The first-order chi connectivity index (χ1) is 9.02. The lowest BCUT2D eigenvalue weighted by Gasteiger charge is -2.09. The van der Waals surface area contributed by atoms with Crippen molar-refractivity contribution in [3.8, 4) is 5.75 Å². The minimum atomic E-state index is -0.607. The molecule has 1 aromatic carbocycles. The smallest absolute Gasteiger partial charge is 0.407 e. The molecular weight excluding hydrogens is 271 g/mol. The molecule has 0 unspecified atom stereocenters. The van der Waals surface area contributed by atoms with Gasteiger partial charge >= 0.3 is 6.09 Å². The highest BCUT2D eigenvalue weighted by atomic mass is 35.5. The fourth-order valence-electron chi connectivity index (χ4n) is 1.67. The highest BCUT2D eigenvalue weighted by molar-refractivity contribution is 6.31. The van der Waals surface area contributed by atoms with Crippen molar-refractivity contribution in [2.45, 2.75) is 13.8 Å². The van der Waals surface area contributed by atoms with Gasteiger partial charge in [-0.1, -0.05) is 11.6 Å². The average Bonchev–Trinajstić information content (AvgIpc) is 2.36. The number of benzene rings is 1. The molecule has 0 spiro atoms. The minimum Gasteiger partial charge on any atom is -0.407 e. The number of aryl methyl sites for hydroxylation is 1. The predicted octanol–water partition coefficient (Wildman–Crippen LogP) is 3.44. The summed E-state index contributed by atoms with van der Waals surface area (Å²) in [7, 11) is 0. The molecule has 2 aromatic rings. The third kappa shape index (κ3) is 2.76. The van der Waals surface area contributed by atoms with Crippen molar-refractivity contribution in [2.75, 3.05) is 6.54 Å². The number of halogens is 2. The normalized spacial score (nSPS) is 10.5. The molecule has 0 saturated carbocycles. The Morgan fingerprint density at radius 3 is 2.95 bits per heavy atom. The first kappa shape index (κ1) is 13.5. The number of nitrogens with zero attached hydrogens (tertiary/aromatic N) is 1. The van der Waals surface area contributed by atoms with Gasteiger partial charge in [0.1, 0.15) is 5.82 Å². The summed E-state index contributed by atoms with van der Waals surface area (Å²) in [5.74, 6) is -0.209. The summed E-state index contributed by atoms with van der Waals surface area (Å²) < 4.78 is 18.4. The van der Waals surface area contributed by atoms with E-state index in [0.29, 0.717) is 23.0 Å². The Balaban J connectivity index is 2.45. The number of carbonyl (C=O) groups excluding carboxylic acids is 1. The molecule has 1 amide bonds. The first-order valence-corrected chi connectivity index (χ1v) is 6.11. The van der Waals surface area contributed by atoms with Crippen LogP contribution in [0.5, 0.6) is 5.75 Å². The number of pyridine rings is 1. The second-order valence-corrected chi connectivity index (χ2v) is 4.30. The number of hydrogen-bond acceptors (Lipinski definition) is 3. The maximum Gasteiger partial charge on any atom is 0.412 e. The van der Waals surface area contributed by atoms with Crippen molar-refractivity contribution < 1.29 is 13.9 Å². The van der Waals surface area contributed by atoms with E-state index in [-0.39, 0.29) is 16.7 Å². The van der Waals surface area contributed by atoms with Crippen LogP contribution in [0.2, 0.25) is 5.15 Å². The Bertz CT molecular complexity index is 646. The molecule has 19 heavy (non-hydrogen) atoms. The minimum absolute atomic E-state index is 0.0208. The number of nitrogens with one attached hydrogen (secondary N) is 1. The predicted molar refractivity (Wildman–Crippen MR) is 71.1 cm³/mol. The molecule has 0 aliphatic heterocycles. The fourth-order valence-corrected chi connectivity index (χ4v) is 1.84. The second kappa shape index (κ2) is 5.40.